The van der Waals surface area contributed by atoms with Crippen LogP contribution in [0.4, 0.5) is 0 Å². The predicted molar refractivity (Wildman–Crippen MR) is 13.3 cm³/mol. The molecule has 0 heterocycles. The van der Waals surface area contributed by atoms with E-state index in [1.807, 2.05) is 0 Å². The summed E-state index contributed by atoms with van der Waals surface area (Å²) in [5.41, 5.74) is 0. The third-order valence-corrected chi connectivity index (χ3v) is 0. The average Bonchev–Trinajstić information content (AvgIpc) is 2.08. The molecule has 0 aromatic carbocycles. The Bertz CT molecular complexity index is 185. The van der Waals surface area contributed by atoms with Crippen molar-refractivity contribution >= 4 is 0 Å². The van der Waals surface area contributed by atoms with E-state index in [0.29, 0.717) is 0 Å². The third-order valence-electron chi connectivity index (χ3n) is 0. The molecule has 0 unspecified atom stereocenters. The summed E-state index contributed by atoms with van der Waals surface area (Å²) < 4.78 is 144. The van der Waals surface area contributed by atoms with Gasteiger partial charge in [0.1, 0.15) is 0 Å². The smallest absolute Gasteiger partial charge is 0.321 e. The van der Waals surface area contributed by atoms with Crippen LogP contribution >= 0.6 is 0 Å². The third kappa shape index (κ3) is 1140. The zero-order valence-corrected chi connectivity index (χ0v) is 335. The second-order valence-corrected chi connectivity index (χ2v) is 3.62. The van der Waals surface area contributed by atoms with Crippen molar-refractivity contribution in [1.82, 2.24) is 0 Å². The molecule has 6 N–H and O–H groups in total. The normalized spacial score (nSPS) is 1.65. The van der Waals surface area contributed by atoms with Crippen molar-refractivity contribution in [3.63, 3.8) is 0 Å². The van der Waals surface area contributed by atoms with Crippen molar-refractivity contribution in [3.8, 4) is 0 Å². The first-order chi connectivity index (χ1) is 10.4. The summed E-state index contributed by atoms with van der Waals surface area (Å²) in [5.74, 6) is 0. The quantitative estimate of drug-likeness (QED) is 0.123. The fraction of sp³-hybridized carbons (Fsp3) is 0. The summed E-state index contributed by atoms with van der Waals surface area (Å²) in [6.07, 6.45) is 0. The molecule has 0 fully saturated rings. The molecule has 0 amide bonds. The number of halogens is 6. The Morgan fingerprint density at radius 1 is 0.0534 bits per heavy atom. The zero-order chi connectivity index (χ0) is 21.5. The summed E-state index contributed by atoms with van der Waals surface area (Å²) in [5, 5.41) is 0. The van der Waals surface area contributed by atoms with Gasteiger partial charge in [-0.05, 0) is 0 Å². The van der Waals surface area contributed by atoms with Crippen LogP contribution in [0.15, 0.2) is 0 Å². The molecule has 0 rings (SSSR count). The van der Waals surface area contributed by atoms with Crippen LogP contribution in [-0.2, 0) is 0 Å². The van der Waals surface area contributed by atoms with Crippen molar-refractivity contribution in [1.29, 1.82) is 0 Å². The molecule has 18 nitrogen and oxygen atoms in total. The molecule has 0 aliphatic heterocycles. The van der Waals surface area contributed by atoms with Crippen LogP contribution in [0.25, 0.3) is 0 Å². The Morgan fingerprint density at radius 3 is 0.0534 bits per heavy atom. The Morgan fingerprint density at radius 2 is 0.0534 bits per heavy atom. The van der Waals surface area contributed by atoms with Gasteiger partial charge in [0, 0.05) is 28.0 Å². The van der Waals surface area contributed by atoms with Gasteiger partial charge in [-0.3, -0.25) is 0 Å². The molecule has 0 bridgehead atoms. The van der Waals surface area contributed by atoms with E-state index >= 15 is 0 Å². The maximum absolute atomic E-state index is 8.52. The van der Waals surface area contributed by atoms with E-state index in [0.717, 1.165) is 0 Å². The fourth-order valence-electron chi connectivity index (χ4n) is 0. The summed E-state index contributed by atoms with van der Waals surface area (Å²) >= 11 is 0. The van der Waals surface area contributed by atoms with Crippen LogP contribution in [0, 0.1) is 64.7 Å². The number of hydrogen-bond acceptors (Lipinski definition) is 18. The molecule has 131 heteroatoms. The molecular weight excluding hydrogens is 2960 g/mol. The summed E-state index contributed by atoms with van der Waals surface area (Å²) in [4.78, 5) is 0. The molecule has 0 saturated carbocycles. The molecule has 0 aliphatic rings. The SMILES string of the molecule is [Na+].[Na+].[Na+].[Na+].[Na+].[Na+].[Na+].[Na+].[Na+].[Na+].[Na+].[Na+].[Na+].[Na+].[Na+].[Na+].[Na+].[Na+].[Na+].[Na+].[Na+].[Na+].[Na+].[Na+].[Na+].[Na+].[Na+].[Na+].[Na+].[Na+].[Na+].[Na+].[Na+].[Na+].[Na+].[Na+].[Na+].[Na+].[Na+].[Na+].[Na+].[Na+].[Na+].[Na+].[Na+].[Na+].[Na+].[Na+].[Na+].[Na+].[Na+].[Na+].[Na+].[Na+].[Na+].[Na+].[Na+].[Na+].[Na+].[Na+].[Na+].[Na+].[Na+].[Na+].[Na+].[Na+].[Na+].[Na+].[Na+].[Na+].[Na+].[Na+].[Na+].[Na+].[Na+].[Na+].[Na+].[Na+].[Na+].[Na+].[Na+].[Na+].[Na+].[Na+].[Na+].[Na+].[Na+].[Na+].[Na+].[Na+].[Na+].[Na+].[Na+].[Na+].[Na+].[Na+].[Na+].[Na+].[Na+].[Na+].[Na+].[Na+].[Na+].[Na+].[Na+].[Na+].[Na+].[O-][Cl+2]([O-])O.[O-][Cl+2]([O-])O.[O-][Cl+2]([O-])O.[O-][Cl+2]([O-])O.[O-][Cl+2]([O-])O.[O-][Cl+2]([O-])O. The second kappa shape index (κ2) is 842. The van der Waals surface area contributed by atoms with Gasteiger partial charge in [-0.2, -0.15) is 0 Å². The van der Waals surface area contributed by atoms with Crippen molar-refractivity contribution in [2.45, 2.75) is 0 Å². The van der Waals surface area contributed by atoms with Crippen LogP contribution in [0.1, 0.15) is 0 Å². The maximum atomic E-state index is 8.52. The number of rotatable bonds is 0. The maximum Gasteiger partial charge on any atom is 1.00 e. The molecule has 0 aromatic rings. The molecule has 131 heavy (non-hydrogen) atoms. The van der Waals surface area contributed by atoms with Crippen molar-refractivity contribution in [2.75, 3.05) is 0 Å². The van der Waals surface area contributed by atoms with E-state index in [1.54, 1.807) is 0 Å². The molecular formula is H6Cl6Na107O18+107. The van der Waals surface area contributed by atoms with Crippen LogP contribution in [-0.4, -0.2) is 28.0 Å². The van der Waals surface area contributed by atoms with E-state index in [-0.39, 0.29) is 3160 Å². The molecule has 0 spiro atoms. The van der Waals surface area contributed by atoms with E-state index in [2.05, 4.69) is 0 Å². The zero-order valence-electron chi connectivity index (χ0n) is 117. The minimum Gasteiger partial charge on any atom is -0.321 e. The van der Waals surface area contributed by atoms with Gasteiger partial charge in [0.05, 0.1) is 0 Å². The topological polar surface area (TPSA) is 398 Å². The second-order valence-electron chi connectivity index (χ2n) is 1.21. The van der Waals surface area contributed by atoms with E-state index in [4.69, 9.17) is 83.9 Å². The molecule has 0 saturated heterocycles. The predicted octanol–water partition coefficient (Wildman–Crippen LogP) is -338. The van der Waals surface area contributed by atoms with Gasteiger partial charge >= 0.3 is 3160 Å². The first-order valence-corrected chi connectivity index (χ1v) is 8.60. The van der Waals surface area contributed by atoms with Crippen LogP contribution < -0.4 is 3220 Å². The van der Waals surface area contributed by atoms with Gasteiger partial charge < -0.3 is 55.9 Å². The van der Waals surface area contributed by atoms with Crippen LogP contribution in [0.3, 0.4) is 0 Å². The first kappa shape index (κ1) is 853. The summed E-state index contributed by atoms with van der Waals surface area (Å²) in [6.45, 7) is 0. The van der Waals surface area contributed by atoms with Crippen molar-refractivity contribution in [2.24, 2.45) is 0 Å². The van der Waals surface area contributed by atoms with E-state index in [9.17, 15) is 0 Å². The molecule has 0 aliphatic carbocycles. The Kier molecular flexibility index (Phi) is 5480. The van der Waals surface area contributed by atoms with Gasteiger partial charge in [0.25, 0.3) is 64.7 Å². The van der Waals surface area contributed by atoms with Crippen LogP contribution in [0.2, 0.25) is 0 Å². The van der Waals surface area contributed by atoms with Crippen LogP contribution in [0.5, 0.6) is 0 Å². The summed E-state index contributed by atoms with van der Waals surface area (Å²) in [6, 6.07) is 0. The van der Waals surface area contributed by atoms with Gasteiger partial charge in [0.15, 0.2) is 0 Å². The fourth-order valence-corrected chi connectivity index (χ4v) is 0. The molecule has 156 valence electrons. The van der Waals surface area contributed by atoms with E-state index < -0.39 is 64.7 Å². The number of hydrogen-bond donors (Lipinski definition) is 6. The Hall–Kier alpha value is 108. The van der Waals surface area contributed by atoms with Gasteiger partial charge in [-0.1, -0.05) is 0 Å². The monoisotopic (exact) mass is 2960 g/mol. The first-order valence-electron chi connectivity index (χ1n) is 2.87. The van der Waals surface area contributed by atoms with Crippen molar-refractivity contribution < 1.29 is 3310 Å². The van der Waals surface area contributed by atoms with Gasteiger partial charge in [0.2, 0.25) is 0 Å². The average molecular weight is 2970 g/mol. The summed E-state index contributed by atoms with van der Waals surface area (Å²) in [7, 11) is -15.6. The van der Waals surface area contributed by atoms with Gasteiger partial charge in [-0.25, -0.2) is 0 Å². The minimum atomic E-state index is -2.60. The Labute approximate surface area is 3190 Å². The molecule has 0 atom stereocenters. The molecule has 0 aromatic heterocycles. The minimum absolute atomic E-state index is 0. The van der Waals surface area contributed by atoms with Gasteiger partial charge in [-0.15, -0.1) is 0 Å². The Balaban J connectivity index is -0.000000000230. The molecule has 0 radical (unpaired) electrons. The van der Waals surface area contributed by atoms with E-state index in [1.165, 1.54) is 0 Å². The largest absolute Gasteiger partial charge is 1.00 e. The standard InChI is InChI=1S/6ClHO3.107Na/c6*2-1(3)4;;;;;;;;;;;;;;;;;;;;;;;;;;;;;;;;;;;;;;;;;;;;;;;;;;;;;;;;;;;;;;;;;;;;;;;;;;;;;;;;;;;;;;;;;;;;;;;;;;;;;;;;;;;/h6*2H;;;;;;;;;;;;;;;;;;;;;;;;;;;;;;;;;;;;;;;;;;;;;;;;;;;;;;;;;;;;;;;;;;;;;;;;;;;;;;;;;;;;;;;;;;;;;;;;;;;;;;;;;;;/q;;;;;;107*+1. The van der Waals surface area contributed by atoms with Crippen molar-refractivity contribution in [3.05, 3.63) is 0 Å².